The van der Waals surface area contributed by atoms with Gasteiger partial charge in [0.05, 0.1) is 12.5 Å². The van der Waals surface area contributed by atoms with E-state index in [1.165, 1.54) is 4.90 Å². The standard InChI is InChI=1S/C17H18F3N3O3/c18-17(19,20)11-22-16(25)14-2-1-9-23(14)15(24)10-26-13-5-3-12(4-6-13)7-8-21/h3-6,14H,1-2,7,9-11H2,(H,22,25). The van der Waals surface area contributed by atoms with Crippen LogP contribution in [-0.4, -0.2) is 48.6 Å². The van der Waals surface area contributed by atoms with E-state index in [-0.39, 0.29) is 13.0 Å². The van der Waals surface area contributed by atoms with Crippen LogP contribution in [0.15, 0.2) is 24.3 Å². The van der Waals surface area contributed by atoms with Crippen molar-refractivity contribution >= 4 is 11.8 Å². The number of likely N-dealkylation sites (tertiary alicyclic amines) is 1. The number of halogens is 3. The predicted molar refractivity (Wildman–Crippen MR) is 85.1 cm³/mol. The third-order valence-electron chi connectivity index (χ3n) is 3.91. The van der Waals surface area contributed by atoms with E-state index in [0.717, 1.165) is 5.56 Å². The van der Waals surface area contributed by atoms with Gasteiger partial charge in [0, 0.05) is 6.54 Å². The Kier molecular flexibility index (Phi) is 6.44. The molecule has 1 aliphatic heterocycles. The van der Waals surface area contributed by atoms with Crippen LogP contribution < -0.4 is 10.1 Å². The Hall–Kier alpha value is -2.76. The first-order valence-corrected chi connectivity index (χ1v) is 8.03. The molecule has 1 atom stereocenters. The summed E-state index contributed by atoms with van der Waals surface area (Å²) in [5.41, 5.74) is 0.812. The number of carbonyl (C=O) groups is 2. The summed E-state index contributed by atoms with van der Waals surface area (Å²) < 4.78 is 42.0. The van der Waals surface area contributed by atoms with Crippen molar-refractivity contribution in [2.24, 2.45) is 0 Å². The maximum Gasteiger partial charge on any atom is 0.405 e. The Morgan fingerprint density at radius 3 is 2.62 bits per heavy atom. The number of hydrogen-bond acceptors (Lipinski definition) is 4. The molecule has 2 rings (SSSR count). The summed E-state index contributed by atoms with van der Waals surface area (Å²) in [6, 6.07) is 7.75. The van der Waals surface area contributed by atoms with Crippen LogP contribution in [0.2, 0.25) is 0 Å². The van der Waals surface area contributed by atoms with Crippen molar-refractivity contribution in [1.82, 2.24) is 10.2 Å². The van der Waals surface area contributed by atoms with E-state index in [9.17, 15) is 22.8 Å². The zero-order chi connectivity index (χ0) is 19.2. The van der Waals surface area contributed by atoms with Gasteiger partial charge in [-0.05, 0) is 30.5 Å². The summed E-state index contributed by atoms with van der Waals surface area (Å²) in [7, 11) is 0. The van der Waals surface area contributed by atoms with E-state index in [4.69, 9.17) is 10.00 Å². The number of amides is 2. The molecule has 1 aromatic rings. The molecule has 0 aromatic heterocycles. The van der Waals surface area contributed by atoms with Crippen LogP contribution in [0.4, 0.5) is 13.2 Å². The number of nitrogens with one attached hydrogen (secondary N) is 1. The van der Waals surface area contributed by atoms with Crippen molar-refractivity contribution in [3.05, 3.63) is 29.8 Å². The zero-order valence-electron chi connectivity index (χ0n) is 13.9. The molecule has 140 valence electrons. The summed E-state index contributed by atoms with van der Waals surface area (Å²) >= 11 is 0. The van der Waals surface area contributed by atoms with Gasteiger partial charge in [-0.3, -0.25) is 9.59 Å². The lowest BCUT2D eigenvalue weighted by molar-refractivity contribution is -0.145. The van der Waals surface area contributed by atoms with Crippen molar-refractivity contribution in [3.8, 4) is 11.8 Å². The number of hydrogen-bond donors (Lipinski definition) is 1. The maximum atomic E-state index is 12.3. The highest BCUT2D eigenvalue weighted by Crippen LogP contribution is 2.19. The Labute approximate surface area is 148 Å². The summed E-state index contributed by atoms with van der Waals surface area (Å²) in [5.74, 6) is -0.845. The number of rotatable bonds is 6. The smallest absolute Gasteiger partial charge is 0.405 e. The minimum atomic E-state index is -4.50. The van der Waals surface area contributed by atoms with E-state index in [1.54, 1.807) is 24.3 Å². The van der Waals surface area contributed by atoms with Gasteiger partial charge in [0.1, 0.15) is 18.3 Å². The molecule has 1 saturated heterocycles. The Balaban J connectivity index is 1.87. The molecule has 0 aliphatic carbocycles. The van der Waals surface area contributed by atoms with Gasteiger partial charge in [0.15, 0.2) is 6.61 Å². The van der Waals surface area contributed by atoms with Crippen molar-refractivity contribution in [1.29, 1.82) is 5.26 Å². The number of ether oxygens (including phenoxy) is 1. The van der Waals surface area contributed by atoms with E-state index >= 15 is 0 Å². The molecule has 6 nitrogen and oxygen atoms in total. The SMILES string of the molecule is N#CCc1ccc(OCC(=O)N2CCCC2C(=O)NCC(F)(F)F)cc1. The number of benzene rings is 1. The first-order chi connectivity index (χ1) is 12.3. The number of nitriles is 1. The number of alkyl halides is 3. The Morgan fingerprint density at radius 2 is 2.00 bits per heavy atom. The lowest BCUT2D eigenvalue weighted by Gasteiger charge is -2.24. The Morgan fingerprint density at radius 1 is 1.31 bits per heavy atom. The van der Waals surface area contributed by atoms with Crippen molar-refractivity contribution < 1.29 is 27.5 Å². The second-order valence-corrected chi connectivity index (χ2v) is 5.85. The van der Waals surface area contributed by atoms with Crippen molar-refractivity contribution in [2.45, 2.75) is 31.5 Å². The molecule has 0 bridgehead atoms. The summed E-state index contributed by atoms with van der Waals surface area (Å²) in [6.07, 6.45) is -3.37. The molecule has 1 fully saturated rings. The normalized spacial score (nSPS) is 16.8. The summed E-state index contributed by atoms with van der Waals surface area (Å²) in [4.78, 5) is 25.4. The number of carbonyl (C=O) groups excluding carboxylic acids is 2. The highest BCUT2D eigenvalue weighted by molar-refractivity contribution is 5.88. The average Bonchev–Trinajstić information content (AvgIpc) is 3.08. The highest BCUT2D eigenvalue weighted by Gasteiger charge is 2.36. The van der Waals surface area contributed by atoms with Crippen LogP contribution in [0.3, 0.4) is 0 Å². The molecule has 26 heavy (non-hydrogen) atoms. The van der Waals surface area contributed by atoms with E-state index < -0.39 is 30.6 Å². The molecule has 1 aromatic carbocycles. The molecule has 1 unspecified atom stereocenters. The molecule has 1 heterocycles. The van der Waals surface area contributed by atoms with Crippen LogP contribution in [0, 0.1) is 11.3 Å². The first-order valence-electron chi connectivity index (χ1n) is 8.03. The van der Waals surface area contributed by atoms with Gasteiger partial charge in [-0.2, -0.15) is 18.4 Å². The first kappa shape index (κ1) is 19.6. The maximum absolute atomic E-state index is 12.3. The fourth-order valence-electron chi connectivity index (χ4n) is 2.67. The minimum Gasteiger partial charge on any atom is -0.484 e. The van der Waals surface area contributed by atoms with E-state index in [1.807, 2.05) is 11.4 Å². The lowest BCUT2D eigenvalue weighted by Crippen LogP contribution is -2.49. The molecular weight excluding hydrogens is 351 g/mol. The third-order valence-corrected chi connectivity index (χ3v) is 3.91. The van der Waals surface area contributed by atoms with Gasteiger partial charge in [-0.15, -0.1) is 0 Å². The van der Waals surface area contributed by atoms with Gasteiger partial charge in [0.2, 0.25) is 5.91 Å². The second-order valence-electron chi connectivity index (χ2n) is 5.85. The second kappa shape index (κ2) is 8.56. The Bertz CT molecular complexity index is 683. The molecular formula is C17H18F3N3O3. The van der Waals surface area contributed by atoms with Gasteiger partial charge in [-0.1, -0.05) is 12.1 Å². The minimum absolute atomic E-state index is 0.266. The fourth-order valence-corrected chi connectivity index (χ4v) is 2.67. The molecule has 0 radical (unpaired) electrons. The van der Waals surface area contributed by atoms with Crippen LogP contribution in [0.5, 0.6) is 5.75 Å². The molecule has 2 amide bonds. The van der Waals surface area contributed by atoms with E-state index in [2.05, 4.69) is 0 Å². The van der Waals surface area contributed by atoms with Gasteiger partial charge >= 0.3 is 6.18 Å². The van der Waals surface area contributed by atoms with E-state index in [0.29, 0.717) is 25.1 Å². The average molecular weight is 369 g/mol. The monoisotopic (exact) mass is 369 g/mol. The topological polar surface area (TPSA) is 82.4 Å². The third kappa shape index (κ3) is 5.65. The van der Waals surface area contributed by atoms with Crippen LogP contribution in [0.1, 0.15) is 18.4 Å². The molecule has 0 spiro atoms. The molecule has 1 N–H and O–H groups in total. The molecule has 1 aliphatic rings. The van der Waals surface area contributed by atoms with Crippen LogP contribution >= 0.6 is 0 Å². The molecule has 0 saturated carbocycles. The number of nitrogens with zero attached hydrogens (tertiary/aromatic N) is 2. The van der Waals surface area contributed by atoms with Crippen LogP contribution in [0.25, 0.3) is 0 Å². The van der Waals surface area contributed by atoms with Crippen molar-refractivity contribution in [3.63, 3.8) is 0 Å². The van der Waals surface area contributed by atoms with Gasteiger partial charge < -0.3 is 15.0 Å². The largest absolute Gasteiger partial charge is 0.484 e. The van der Waals surface area contributed by atoms with Gasteiger partial charge in [-0.25, -0.2) is 0 Å². The summed E-state index contributed by atoms with van der Waals surface area (Å²) in [5, 5.41) is 10.4. The van der Waals surface area contributed by atoms with Gasteiger partial charge in [0.25, 0.3) is 5.91 Å². The quantitative estimate of drug-likeness (QED) is 0.829. The zero-order valence-corrected chi connectivity index (χ0v) is 13.9. The van der Waals surface area contributed by atoms with Crippen LogP contribution in [-0.2, 0) is 16.0 Å². The highest BCUT2D eigenvalue weighted by atomic mass is 19.4. The lowest BCUT2D eigenvalue weighted by atomic mass is 10.2. The molecule has 9 heteroatoms. The summed E-state index contributed by atoms with van der Waals surface area (Å²) in [6.45, 7) is -1.44. The fraction of sp³-hybridized carbons (Fsp3) is 0.471. The predicted octanol–water partition coefficient (Wildman–Crippen LogP) is 1.80. The van der Waals surface area contributed by atoms with Crippen molar-refractivity contribution in [2.75, 3.05) is 19.7 Å².